The second kappa shape index (κ2) is 6.45. The first kappa shape index (κ1) is 13.7. The Morgan fingerprint density at radius 2 is 2.20 bits per heavy atom. The number of hydrogen-bond acceptors (Lipinski definition) is 4. The van der Waals surface area contributed by atoms with Crippen molar-refractivity contribution < 1.29 is 9.90 Å². The monoisotopic (exact) mass is 267 g/mol. The minimum Gasteiger partial charge on any atom is -0.384 e. The maximum absolute atomic E-state index is 12.0. The van der Waals surface area contributed by atoms with E-state index in [9.17, 15) is 4.79 Å². The van der Waals surface area contributed by atoms with Gasteiger partial charge in [-0.15, -0.1) is 0 Å². The summed E-state index contributed by atoms with van der Waals surface area (Å²) >= 11 is 0. The van der Waals surface area contributed by atoms with Crippen LogP contribution in [0.25, 0.3) is 0 Å². The summed E-state index contributed by atoms with van der Waals surface area (Å²) in [5, 5.41) is 18.8. The Bertz CT molecular complexity index is 673. The van der Waals surface area contributed by atoms with Crippen LogP contribution in [0, 0.1) is 18.8 Å². The molecule has 0 radical (unpaired) electrons. The molecule has 0 aliphatic heterocycles. The number of nitrogens with zero attached hydrogens (tertiary/aromatic N) is 2. The van der Waals surface area contributed by atoms with Crippen LogP contribution in [-0.2, 0) is 0 Å². The number of aryl methyl sites for hydroxylation is 1. The molecule has 0 saturated heterocycles. The van der Waals surface area contributed by atoms with Gasteiger partial charge >= 0.3 is 0 Å². The van der Waals surface area contributed by atoms with Crippen LogP contribution < -0.4 is 5.32 Å². The third kappa shape index (κ3) is 3.40. The molecule has 0 spiro atoms. The minimum absolute atomic E-state index is 0.196. The van der Waals surface area contributed by atoms with E-state index in [1.165, 1.54) is 12.4 Å². The van der Waals surface area contributed by atoms with Crippen molar-refractivity contribution in [2.24, 2.45) is 0 Å². The highest BCUT2D eigenvalue weighted by Gasteiger charge is 2.08. The number of amides is 1. The lowest BCUT2D eigenvalue weighted by molar-refractivity contribution is 0.102. The SMILES string of the molecule is Cc1ccc(C#CCO)cc1NC(=O)c1ccnnc1. The lowest BCUT2D eigenvalue weighted by atomic mass is 10.1. The van der Waals surface area contributed by atoms with E-state index in [1.807, 2.05) is 19.1 Å². The van der Waals surface area contributed by atoms with Gasteiger partial charge in [0.1, 0.15) is 6.61 Å². The van der Waals surface area contributed by atoms with Gasteiger partial charge in [0.05, 0.1) is 18.0 Å². The van der Waals surface area contributed by atoms with Crippen molar-refractivity contribution in [3.05, 3.63) is 53.3 Å². The number of aliphatic hydroxyl groups is 1. The Balaban J connectivity index is 2.22. The van der Waals surface area contributed by atoms with Crippen LogP contribution in [0.4, 0.5) is 5.69 Å². The lowest BCUT2D eigenvalue weighted by Gasteiger charge is -2.08. The molecule has 0 aliphatic carbocycles. The minimum atomic E-state index is -0.254. The van der Waals surface area contributed by atoms with E-state index < -0.39 is 0 Å². The molecule has 0 bridgehead atoms. The fourth-order valence-electron chi connectivity index (χ4n) is 1.60. The largest absolute Gasteiger partial charge is 0.384 e. The fourth-order valence-corrected chi connectivity index (χ4v) is 1.60. The zero-order valence-corrected chi connectivity index (χ0v) is 10.9. The topological polar surface area (TPSA) is 75.1 Å². The van der Waals surface area contributed by atoms with Crippen LogP contribution in [0.15, 0.2) is 36.7 Å². The van der Waals surface area contributed by atoms with Gasteiger partial charge in [-0.3, -0.25) is 4.79 Å². The zero-order chi connectivity index (χ0) is 14.4. The molecule has 100 valence electrons. The van der Waals surface area contributed by atoms with E-state index in [1.54, 1.807) is 12.1 Å². The van der Waals surface area contributed by atoms with E-state index in [0.29, 0.717) is 11.3 Å². The quantitative estimate of drug-likeness (QED) is 0.806. The molecule has 2 aromatic rings. The van der Waals surface area contributed by atoms with Crippen molar-refractivity contribution >= 4 is 11.6 Å². The second-order valence-electron chi connectivity index (χ2n) is 4.07. The van der Waals surface area contributed by atoms with Crippen molar-refractivity contribution in [1.82, 2.24) is 10.2 Å². The maximum atomic E-state index is 12.0. The first-order chi connectivity index (χ1) is 9.70. The zero-order valence-electron chi connectivity index (χ0n) is 10.9. The number of aromatic nitrogens is 2. The molecule has 2 N–H and O–H groups in total. The van der Waals surface area contributed by atoms with Crippen molar-refractivity contribution in [2.75, 3.05) is 11.9 Å². The number of rotatable bonds is 2. The average Bonchev–Trinajstić information content (AvgIpc) is 2.49. The van der Waals surface area contributed by atoms with Gasteiger partial charge in [0, 0.05) is 11.3 Å². The van der Waals surface area contributed by atoms with Gasteiger partial charge in [-0.05, 0) is 30.7 Å². The van der Waals surface area contributed by atoms with Crippen LogP contribution in [0.2, 0.25) is 0 Å². The van der Waals surface area contributed by atoms with E-state index in [2.05, 4.69) is 27.4 Å². The molecule has 5 heteroatoms. The second-order valence-corrected chi connectivity index (χ2v) is 4.07. The maximum Gasteiger partial charge on any atom is 0.257 e. The summed E-state index contributed by atoms with van der Waals surface area (Å²) < 4.78 is 0. The number of nitrogens with one attached hydrogen (secondary N) is 1. The Morgan fingerprint density at radius 3 is 2.90 bits per heavy atom. The van der Waals surface area contributed by atoms with Crippen LogP contribution in [0.1, 0.15) is 21.5 Å². The van der Waals surface area contributed by atoms with Crippen molar-refractivity contribution in [3.8, 4) is 11.8 Å². The van der Waals surface area contributed by atoms with Gasteiger partial charge in [-0.1, -0.05) is 17.9 Å². The molecule has 2 rings (SSSR count). The highest BCUT2D eigenvalue weighted by atomic mass is 16.2. The van der Waals surface area contributed by atoms with Gasteiger partial charge in [-0.2, -0.15) is 10.2 Å². The predicted molar refractivity (Wildman–Crippen MR) is 75.1 cm³/mol. The standard InChI is InChI=1S/C15H13N3O2/c1-11-4-5-12(3-2-8-19)9-14(11)18-15(20)13-6-7-16-17-10-13/h4-7,9-10,19H,8H2,1H3,(H,18,20). The van der Waals surface area contributed by atoms with E-state index in [4.69, 9.17) is 5.11 Å². The number of anilines is 1. The van der Waals surface area contributed by atoms with E-state index >= 15 is 0 Å². The Kier molecular flexibility index (Phi) is 4.43. The van der Waals surface area contributed by atoms with Gasteiger partial charge < -0.3 is 10.4 Å². The normalized spacial score (nSPS) is 9.50. The predicted octanol–water partition coefficient (Wildman–Crippen LogP) is 1.38. The molecule has 0 saturated carbocycles. The molecule has 0 aliphatic rings. The number of hydrogen-bond donors (Lipinski definition) is 2. The van der Waals surface area contributed by atoms with Gasteiger partial charge in [0.2, 0.25) is 0 Å². The van der Waals surface area contributed by atoms with Gasteiger partial charge in [0.15, 0.2) is 0 Å². The van der Waals surface area contributed by atoms with Gasteiger partial charge in [-0.25, -0.2) is 0 Å². The lowest BCUT2D eigenvalue weighted by Crippen LogP contribution is -2.13. The van der Waals surface area contributed by atoms with Crippen molar-refractivity contribution in [3.63, 3.8) is 0 Å². The molecule has 0 unspecified atom stereocenters. The summed E-state index contributed by atoms with van der Waals surface area (Å²) in [5.41, 5.74) is 2.77. The average molecular weight is 267 g/mol. The fraction of sp³-hybridized carbons (Fsp3) is 0.133. The highest BCUT2D eigenvalue weighted by molar-refractivity contribution is 6.04. The summed E-state index contributed by atoms with van der Waals surface area (Å²) in [5.74, 6) is 5.12. The Labute approximate surface area is 116 Å². The molecule has 20 heavy (non-hydrogen) atoms. The third-order valence-electron chi connectivity index (χ3n) is 2.64. The molecule has 0 atom stereocenters. The van der Waals surface area contributed by atoms with Crippen LogP contribution in [0.5, 0.6) is 0 Å². The van der Waals surface area contributed by atoms with Crippen LogP contribution >= 0.6 is 0 Å². The highest BCUT2D eigenvalue weighted by Crippen LogP contribution is 2.17. The van der Waals surface area contributed by atoms with Crippen LogP contribution in [-0.4, -0.2) is 27.8 Å². The molecule has 0 fully saturated rings. The number of carbonyl (C=O) groups is 1. The molecular formula is C15H13N3O2. The van der Waals surface area contributed by atoms with Crippen LogP contribution in [0.3, 0.4) is 0 Å². The Morgan fingerprint density at radius 1 is 1.35 bits per heavy atom. The molecule has 1 heterocycles. The summed E-state index contributed by atoms with van der Waals surface area (Å²) in [6, 6.07) is 7.06. The first-order valence-corrected chi connectivity index (χ1v) is 5.99. The number of aliphatic hydroxyl groups excluding tert-OH is 1. The molecule has 1 aromatic heterocycles. The third-order valence-corrected chi connectivity index (χ3v) is 2.64. The van der Waals surface area contributed by atoms with E-state index in [-0.39, 0.29) is 12.5 Å². The molecule has 5 nitrogen and oxygen atoms in total. The first-order valence-electron chi connectivity index (χ1n) is 5.99. The summed E-state index contributed by atoms with van der Waals surface area (Å²) in [6.07, 6.45) is 2.87. The van der Waals surface area contributed by atoms with Gasteiger partial charge in [0.25, 0.3) is 5.91 Å². The summed E-state index contributed by atoms with van der Waals surface area (Å²) in [7, 11) is 0. The van der Waals surface area contributed by atoms with Crippen molar-refractivity contribution in [1.29, 1.82) is 0 Å². The number of benzene rings is 1. The molecular weight excluding hydrogens is 254 g/mol. The van der Waals surface area contributed by atoms with E-state index in [0.717, 1.165) is 11.1 Å². The Hall–Kier alpha value is -2.71. The molecule has 1 aromatic carbocycles. The summed E-state index contributed by atoms with van der Waals surface area (Å²) in [6.45, 7) is 1.70. The smallest absolute Gasteiger partial charge is 0.257 e. The molecule has 1 amide bonds. The number of carbonyl (C=O) groups excluding carboxylic acids is 1. The summed E-state index contributed by atoms with van der Waals surface area (Å²) in [4.78, 5) is 12.0. The van der Waals surface area contributed by atoms with Crippen molar-refractivity contribution in [2.45, 2.75) is 6.92 Å².